The van der Waals surface area contributed by atoms with Crippen LogP contribution in [0.25, 0.3) is 0 Å². The van der Waals surface area contributed by atoms with E-state index in [2.05, 4.69) is 10.3 Å². The quantitative estimate of drug-likeness (QED) is 0.614. The first-order valence-electron chi connectivity index (χ1n) is 9.71. The number of hydrogen-bond donors (Lipinski definition) is 0. The van der Waals surface area contributed by atoms with Crippen LogP contribution in [0.15, 0.2) is 64.3 Å². The van der Waals surface area contributed by atoms with Crippen molar-refractivity contribution in [2.45, 2.75) is 19.0 Å². The van der Waals surface area contributed by atoms with E-state index in [1.54, 1.807) is 25.9 Å². The maximum absolute atomic E-state index is 13.1. The summed E-state index contributed by atoms with van der Waals surface area (Å²) in [6.07, 6.45) is 0. The molecule has 2 aliphatic heterocycles. The van der Waals surface area contributed by atoms with Crippen molar-refractivity contribution in [3.63, 3.8) is 0 Å². The molecule has 0 saturated carbocycles. The average molecular weight is 436 g/mol. The maximum Gasteiger partial charge on any atom is 0.352 e. The fourth-order valence-corrected chi connectivity index (χ4v) is 5.02. The van der Waals surface area contributed by atoms with Crippen LogP contribution in [0, 0.1) is 13.8 Å². The van der Waals surface area contributed by atoms with Gasteiger partial charge in [-0.2, -0.15) is 0 Å². The van der Waals surface area contributed by atoms with Crippen molar-refractivity contribution in [2.75, 3.05) is 22.7 Å². The number of aryl methyl sites for hydroxylation is 2. The summed E-state index contributed by atoms with van der Waals surface area (Å²) in [5, 5.41) is 7.24. The van der Waals surface area contributed by atoms with Gasteiger partial charge in [0.05, 0.1) is 12.9 Å². The van der Waals surface area contributed by atoms with Gasteiger partial charge in [-0.15, -0.1) is 0 Å². The Hall–Kier alpha value is -3.46. The number of benzene rings is 2. The van der Waals surface area contributed by atoms with Crippen molar-refractivity contribution >= 4 is 34.9 Å². The molecule has 0 radical (unpaired) electrons. The predicted molar refractivity (Wildman–Crippen MR) is 118 cm³/mol. The number of carbonyl (C=O) groups is 1. The number of aromatic nitrogens is 1. The van der Waals surface area contributed by atoms with E-state index < -0.39 is 5.18 Å². The van der Waals surface area contributed by atoms with E-state index in [1.165, 1.54) is 11.8 Å². The molecule has 1 amide bonds. The van der Waals surface area contributed by atoms with E-state index in [-0.39, 0.29) is 11.7 Å². The zero-order valence-corrected chi connectivity index (χ0v) is 18.0. The second kappa shape index (κ2) is 7.35. The van der Waals surface area contributed by atoms with E-state index >= 15 is 0 Å². The Kier molecular flexibility index (Phi) is 4.62. The number of carbonyl (C=O) groups excluding carboxylic acids is 1. The molecule has 1 unspecified atom stereocenters. The smallest absolute Gasteiger partial charge is 0.352 e. The number of rotatable bonds is 4. The number of nitrogens with zero attached hydrogens (tertiary/aromatic N) is 4. The average Bonchev–Trinajstić information content (AvgIpc) is 3.45. The Labute approximate surface area is 183 Å². The van der Waals surface area contributed by atoms with Crippen molar-refractivity contribution in [2.24, 2.45) is 5.16 Å². The van der Waals surface area contributed by atoms with E-state index in [9.17, 15) is 4.79 Å². The van der Waals surface area contributed by atoms with E-state index in [4.69, 9.17) is 14.1 Å². The number of ether oxygens (including phenoxy) is 1. The molecular formula is C22H20N4O4S. The Morgan fingerprint density at radius 1 is 1.06 bits per heavy atom. The van der Waals surface area contributed by atoms with Crippen LogP contribution in [0.4, 0.5) is 11.4 Å². The summed E-state index contributed by atoms with van der Waals surface area (Å²) < 4.78 is 10.7. The van der Waals surface area contributed by atoms with Crippen LogP contribution >= 0.6 is 11.8 Å². The molecule has 2 aliphatic rings. The molecule has 1 aromatic heterocycles. The lowest BCUT2D eigenvalue weighted by atomic mass is 10.1. The second-order valence-electron chi connectivity index (χ2n) is 7.14. The molecule has 2 aromatic carbocycles. The summed E-state index contributed by atoms with van der Waals surface area (Å²) in [6, 6.07) is 17.3. The highest BCUT2D eigenvalue weighted by molar-refractivity contribution is 8.02. The molecule has 5 rings (SSSR count). The number of thioether (sulfide) groups is 1. The van der Waals surface area contributed by atoms with Crippen LogP contribution in [0.5, 0.6) is 5.75 Å². The molecule has 1 saturated heterocycles. The second-order valence-corrected chi connectivity index (χ2v) is 8.25. The van der Waals surface area contributed by atoms with Crippen molar-refractivity contribution in [1.82, 2.24) is 5.16 Å². The third kappa shape index (κ3) is 2.96. The van der Waals surface area contributed by atoms with Gasteiger partial charge < -0.3 is 14.1 Å². The molecule has 1 fully saturated rings. The van der Waals surface area contributed by atoms with Gasteiger partial charge in [0, 0.05) is 11.3 Å². The van der Waals surface area contributed by atoms with Gasteiger partial charge in [0.1, 0.15) is 17.1 Å². The third-order valence-corrected chi connectivity index (χ3v) is 6.45. The predicted octanol–water partition coefficient (Wildman–Crippen LogP) is 3.89. The van der Waals surface area contributed by atoms with Crippen LogP contribution in [0.2, 0.25) is 0 Å². The van der Waals surface area contributed by atoms with Crippen LogP contribution < -0.4 is 14.5 Å². The lowest BCUT2D eigenvalue weighted by Crippen LogP contribution is -2.57. The molecular weight excluding hydrogens is 416 g/mol. The number of oxime groups is 1. The first kappa shape index (κ1) is 19.5. The highest BCUT2D eigenvalue weighted by Gasteiger charge is 2.60. The largest absolute Gasteiger partial charge is 0.497 e. The molecule has 31 heavy (non-hydrogen) atoms. The van der Waals surface area contributed by atoms with Crippen molar-refractivity contribution in [3.8, 4) is 5.75 Å². The summed E-state index contributed by atoms with van der Waals surface area (Å²) in [5.74, 6) is 1.99. The van der Waals surface area contributed by atoms with Crippen LogP contribution in [0.3, 0.4) is 0 Å². The molecule has 158 valence electrons. The summed E-state index contributed by atoms with van der Waals surface area (Å²) >= 11 is 1.36. The summed E-state index contributed by atoms with van der Waals surface area (Å²) in [5.41, 5.74) is 2.88. The van der Waals surface area contributed by atoms with Crippen molar-refractivity contribution in [1.29, 1.82) is 0 Å². The van der Waals surface area contributed by atoms with Gasteiger partial charge in [0.25, 0.3) is 0 Å². The summed E-state index contributed by atoms with van der Waals surface area (Å²) in [6.45, 7) is 3.59. The standard InChI is InChI=1S/C22H20N4O4S/c1-14-20(15(2)29-23-14)26-19(27)13-31-22(26)25(17-9-11-18(28-3)12-10-17)21(24-30-22)16-7-5-4-6-8-16/h4-12H,13H2,1-3H3. The van der Waals surface area contributed by atoms with E-state index in [0.717, 1.165) is 17.0 Å². The molecule has 3 heterocycles. The number of amidine groups is 1. The van der Waals surface area contributed by atoms with Gasteiger partial charge in [-0.05, 0) is 38.1 Å². The fourth-order valence-electron chi connectivity index (χ4n) is 3.84. The summed E-state index contributed by atoms with van der Waals surface area (Å²) in [7, 11) is 1.62. The first-order chi connectivity index (χ1) is 15.0. The number of anilines is 2. The minimum atomic E-state index is -1.24. The third-order valence-electron chi connectivity index (χ3n) is 5.24. The minimum Gasteiger partial charge on any atom is -0.497 e. The Balaban J connectivity index is 1.68. The molecule has 1 atom stereocenters. The van der Waals surface area contributed by atoms with Gasteiger partial charge in [-0.25, -0.2) is 4.90 Å². The Bertz CT molecular complexity index is 1140. The van der Waals surface area contributed by atoms with Crippen LogP contribution in [0.1, 0.15) is 17.0 Å². The zero-order chi connectivity index (χ0) is 21.6. The molecule has 0 aliphatic carbocycles. The molecule has 9 heteroatoms. The molecule has 1 spiro atoms. The SMILES string of the molecule is COc1ccc(N2C(c3ccccc3)=NOC23SCC(=O)N3c2c(C)noc2C)cc1. The highest BCUT2D eigenvalue weighted by atomic mass is 32.2. The van der Waals surface area contributed by atoms with Crippen LogP contribution in [-0.2, 0) is 9.63 Å². The van der Waals surface area contributed by atoms with E-state index in [0.29, 0.717) is 23.0 Å². The minimum absolute atomic E-state index is 0.109. The topological polar surface area (TPSA) is 80.4 Å². The molecule has 0 N–H and O–H groups in total. The lowest BCUT2D eigenvalue weighted by molar-refractivity contribution is -0.118. The molecule has 8 nitrogen and oxygen atoms in total. The number of hydrogen-bond acceptors (Lipinski definition) is 8. The Morgan fingerprint density at radius 2 is 1.81 bits per heavy atom. The molecule has 3 aromatic rings. The first-order valence-corrected chi connectivity index (χ1v) is 10.7. The zero-order valence-electron chi connectivity index (χ0n) is 17.2. The van der Waals surface area contributed by atoms with Gasteiger partial charge in [0.2, 0.25) is 5.91 Å². The van der Waals surface area contributed by atoms with Gasteiger partial charge in [-0.1, -0.05) is 52.4 Å². The van der Waals surface area contributed by atoms with E-state index in [1.807, 2.05) is 59.5 Å². The number of amides is 1. The van der Waals surface area contributed by atoms with Crippen molar-refractivity contribution < 1.29 is 18.9 Å². The normalized spacial score (nSPS) is 20.4. The van der Waals surface area contributed by atoms with Crippen LogP contribution in [-0.4, -0.2) is 34.9 Å². The summed E-state index contributed by atoms with van der Waals surface area (Å²) in [4.78, 5) is 22.7. The highest BCUT2D eigenvalue weighted by Crippen LogP contribution is 2.50. The molecule has 0 bridgehead atoms. The lowest BCUT2D eigenvalue weighted by Gasteiger charge is -2.38. The maximum atomic E-state index is 13.1. The monoisotopic (exact) mass is 436 g/mol. The van der Waals surface area contributed by atoms with Crippen molar-refractivity contribution in [3.05, 3.63) is 71.6 Å². The van der Waals surface area contributed by atoms with Gasteiger partial charge in [-0.3, -0.25) is 9.69 Å². The van der Waals surface area contributed by atoms with Gasteiger partial charge in [0.15, 0.2) is 11.6 Å². The fraction of sp³-hybridized carbons (Fsp3) is 0.227. The number of methoxy groups -OCH3 is 1. The van der Waals surface area contributed by atoms with Gasteiger partial charge >= 0.3 is 5.18 Å². The Morgan fingerprint density at radius 3 is 2.45 bits per heavy atom.